The average molecular weight is 351 g/mol. The predicted molar refractivity (Wildman–Crippen MR) is 105 cm³/mol. The third-order valence-electron chi connectivity index (χ3n) is 4.00. The average Bonchev–Trinajstić information content (AvgIpc) is 2.93. The molecule has 2 aromatic carbocycles. The van der Waals surface area contributed by atoms with E-state index in [1.54, 1.807) is 11.1 Å². The van der Waals surface area contributed by atoms with E-state index in [-0.39, 0.29) is 11.2 Å². The standard InChI is InChI=1S/C20H21N3OS/c1-3-18-19(24)23(14-17-7-5-4-6-8-17)20(25-18)22-21-13-16-11-9-15(2)10-12-16/h4-13,18H,3,14H2,1-2H3/b21-13+,22-20+. The van der Waals surface area contributed by atoms with Crippen LogP contribution in [0.5, 0.6) is 0 Å². The Morgan fingerprint density at radius 1 is 1.12 bits per heavy atom. The highest BCUT2D eigenvalue weighted by molar-refractivity contribution is 8.15. The summed E-state index contributed by atoms with van der Waals surface area (Å²) in [7, 11) is 0. The Labute approximate surface area is 152 Å². The van der Waals surface area contributed by atoms with Crippen molar-refractivity contribution in [2.75, 3.05) is 0 Å². The first-order valence-electron chi connectivity index (χ1n) is 8.37. The van der Waals surface area contributed by atoms with Gasteiger partial charge in [-0.15, -0.1) is 5.10 Å². The molecule has 128 valence electrons. The first-order valence-corrected chi connectivity index (χ1v) is 9.25. The van der Waals surface area contributed by atoms with Crippen LogP contribution in [0.3, 0.4) is 0 Å². The summed E-state index contributed by atoms with van der Waals surface area (Å²) in [5.41, 5.74) is 3.29. The molecule has 2 aromatic rings. The van der Waals surface area contributed by atoms with Gasteiger partial charge in [0.25, 0.3) is 0 Å². The lowest BCUT2D eigenvalue weighted by Crippen LogP contribution is -2.31. The lowest BCUT2D eigenvalue weighted by Gasteiger charge is -2.15. The highest BCUT2D eigenvalue weighted by atomic mass is 32.2. The van der Waals surface area contributed by atoms with Crippen LogP contribution in [0.2, 0.25) is 0 Å². The Kier molecular flexibility index (Phi) is 5.66. The van der Waals surface area contributed by atoms with Gasteiger partial charge < -0.3 is 0 Å². The quantitative estimate of drug-likeness (QED) is 0.597. The number of carbonyl (C=O) groups excluding carboxylic acids is 1. The summed E-state index contributed by atoms with van der Waals surface area (Å²) in [6.07, 6.45) is 2.51. The van der Waals surface area contributed by atoms with Crippen LogP contribution in [0.25, 0.3) is 0 Å². The SMILES string of the molecule is CCC1S/C(=N/N=C/c2ccc(C)cc2)N(Cc2ccccc2)C1=O. The second-order valence-corrected chi connectivity index (χ2v) is 7.13. The normalized spacial score (nSPS) is 19.3. The fraction of sp³-hybridized carbons (Fsp3) is 0.250. The van der Waals surface area contributed by atoms with Crippen LogP contribution < -0.4 is 0 Å². The van der Waals surface area contributed by atoms with Gasteiger partial charge in [0.2, 0.25) is 5.91 Å². The van der Waals surface area contributed by atoms with E-state index in [0.717, 1.165) is 17.5 Å². The van der Waals surface area contributed by atoms with Crippen molar-refractivity contribution in [2.45, 2.75) is 32.1 Å². The van der Waals surface area contributed by atoms with E-state index in [9.17, 15) is 4.79 Å². The molecule has 0 aliphatic carbocycles. The van der Waals surface area contributed by atoms with Gasteiger partial charge >= 0.3 is 0 Å². The van der Waals surface area contributed by atoms with Crippen LogP contribution >= 0.6 is 11.8 Å². The van der Waals surface area contributed by atoms with Crippen molar-refractivity contribution in [3.05, 3.63) is 71.3 Å². The van der Waals surface area contributed by atoms with Crippen LogP contribution in [0.15, 0.2) is 64.8 Å². The van der Waals surface area contributed by atoms with Gasteiger partial charge in [0, 0.05) is 0 Å². The van der Waals surface area contributed by atoms with Crippen LogP contribution in [0, 0.1) is 6.92 Å². The molecule has 0 aromatic heterocycles. The summed E-state index contributed by atoms with van der Waals surface area (Å²) in [6.45, 7) is 4.60. The number of hydrogen-bond acceptors (Lipinski definition) is 4. The monoisotopic (exact) mass is 351 g/mol. The van der Waals surface area contributed by atoms with E-state index in [0.29, 0.717) is 11.7 Å². The molecule has 1 amide bonds. The molecule has 1 unspecified atom stereocenters. The van der Waals surface area contributed by atoms with E-state index < -0.39 is 0 Å². The van der Waals surface area contributed by atoms with Gasteiger partial charge in [0.1, 0.15) is 0 Å². The van der Waals surface area contributed by atoms with Crippen LogP contribution in [0.1, 0.15) is 30.0 Å². The Bertz CT molecular complexity index is 784. The number of hydrogen-bond donors (Lipinski definition) is 0. The number of nitrogens with zero attached hydrogens (tertiary/aromatic N) is 3. The summed E-state index contributed by atoms with van der Waals surface area (Å²) in [5, 5.41) is 9.12. The molecule has 1 atom stereocenters. The Morgan fingerprint density at radius 2 is 1.84 bits per heavy atom. The van der Waals surface area contributed by atoms with Crippen molar-refractivity contribution >= 4 is 29.1 Å². The molecule has 1 aliphatic heterocycles. The number of benzene rings is 2. The maximum absolute atomic E-state index is 12.6. The van der Waals surface area contributed by atoms with E-state index >= 15 is 0 Å². The number of thioether (sulfide) groups is 1. The molecular weight excluding hydrogens is 330 g/mol. The van der Waals surface area contributed by atoms with Crippen molar-refractivity contribution in [2.24, 2.45) is 10.2 Å². The lowest BCUT2D eigenvalue weighted by molar-refractivity contribution is -0.126. The molecule has 5 heteroatoms. The van der Waals surface area contributed by atoms with E-state index in [1.807, 2.05) is 68.4 Å². The Hall–Kier alpha value is -2.40. The molecule has 1 fully saturated rings. The van der Waals surface area contributed by atoms with Crippen LogP contribution in [-0.2, 0) is 11.3 Å². The second kappa shape index (κ2) is 8.12. The molecule has 0 bridgehead atoms. The highest BCUT2D eigenvalue weighted by Gasteiger charge is 2.36. The Balaban J connectivity index is 1.78. The third-order valence-corrected chi connectivity index (χ3v) is 5.33. The van der Waals surface area contributed by atoms with Crippen molar-refractivity contribution in [3.8, 4) is 0 Å². The molecule has 1 aliphatic rings. The second-order valence-electron chi connectivity index (χ2n) is 5.96. The molecule has 0 saturated carbocycles. The van der Waals surface area contributed by atoms with Gasteiger partial charge in [-0.25, -0.2) is 0 Å². The van der Waals surface area contributed by atoms with Crippen molar-refractivity contribution in [3.63, 3.8) is 0 Å². The summed E-state index contributed by atoms with van der Waals surface area (Å²) < 4.78 is 0. The molecule has 0 N–H and O–H groups in total. The minimum Gasteiger partial charge on any atom is -0.284 e. The maximum Gasteiger partial charge on any atom is 0.242 e. The fourth-order valence-corrected chi connectivity index (χ4v) is 3.58. The van der Waals surface area contributed by atoms with Crippen LogP contribution in [-0.4, -0.2) is 27.4 Å². The number of amidine groups is 1. The van der Waals surface area contributed by atoms with E-state index in [2.05, 4.69) is 10.2 Å². The van der Waals surface area contributed by atoms with Gasteiger partial charge in [0.05, 0.1) is 18.0 Å². The molecule has 4 nitrogen and oxygen atoms in total. The van der Waals surface area contributed by atoms with Crippen molar-refractivity contribution in [1.29, 1.82) is 0 Å². The molecule has 1 saturated heterocycles. The molecule has 25 heavy (non-hydrogen) atoms. The summed E-state index contributed by atoms with van der Waals surface area (Å²) in [4.78, 5) is 14.3. The number of carbonyl (C=O) groups is 1. The first-order chi connectivity index (χ1) is 12.2. The van der Waals surface area contributed by atoms with Gasteiger partial charge in [-0.05, 0) is 24.5 Å². The number of rotatable bonds is 5. The third kappa shape index (κ3) is 4.37. The zero-order chi connectivity index (χ0) is 17.6. The summed E-state index contributed by atoms with van der Waals surface area (Å²) in [5.74, 6) is 0.112. The van der Waals surface area contributed by atoms with E-state index in [1.165, 1.54) is 17.3 Å². The summed E-state index contributed by atoms with van der Waals surface area (Å²) >= 11 is 1.50. The molecule has 3 rings (SSSR count). The van der Waals surface area contributed by atoms with Gasteiger partial charge in [0.15, 0.2) is 5.17 Å². The topological polar surface area (TPSA) is 45.0 Å². The van der Waals surface area contributed by atoms with Gasteiger partial charge in [-0.1, -0.05) is 78.8 Å². The van der Waals surface area contributed by atoms with Gasteiger partial charge in [-0.3, -0.25) is 9.69 Å². The zero-order valence-corrected chi connectivity index (χ0v) is 15.2. The largest absolute Gasteiger partial charge is 0.284 e. The highest BCUT2D eigenvalue weighted by Crippen LogP contribution is 2.30. The maximum atomic E-state index is 12.6. The minimum atomic E-state index is -0.0722. The first kappa shape index (κ1) is 17.4. The Morgan fingerprint density at radius 3 is 2.52 bits per heavy atom. The molecular formula is C20H21N3OS. The van der Waals surface area contributed by atoms with Crippen molar-refractivity contribution in [1.82, 2.24) is 4.90 Å². The van der Waals surface area contributed by atoms with Crippen LogP contribution in [0.4, 0.5) is 0 Å². The van der Waals surface area contributed by atoms with Crippen molar-refractivity contribution < 1.29 is 4.79 Å². The van der Waals surface area contributed by atoms with Gasteiger partial charge in [-0.2, -0.15) is 5.10 Å². The molecule has 1 heterocycles. The predicted octanol–water partition coefficient (Wildman–Crippen LogP) is 4.24. The lowest BCUT2D eigenvalue weighted by atomic mass is 10.2. The summed E-state index contributed by atoms with van der Waals surface area (Å²) in [6, 6.07) is 18.0. The fourth-order valence-electron chi connectivity index (χ4n) is 2.55. The molecule has 0 radical (unpaired) electrons. The minimum absolute atomic E-state index is 0.0722. The van der Waals surface area contributed by atoms with E-state index in [4.69, 9.17) is 0 Å². The molecule has 0 spiro atoms. The number of amides is 1. The number of aryl methyl sites for hydroxylation is 1. The smallest absolute Gasteiger partial charge is 0.242 e. The zero-order valence-electron chi connectivity index (χ0n) is 14.4.